The van der Waals surface area contributed by atoms with E-state index >= 15 is 0 Å². The molecule has 5 heteroatoms. The summed E-state index contributed by atoms with van der Waals surface area (Å²) in [5, 5.41) is 14.4. The molecule has 1 aromatic carbocycles. The Balaban J connectivity index is 1.84. The van der Waals surface area contributed by atoms with Crippen molar-refractivity contribution < 1.29 is 4.92 Å². The van der Waals surface area contributed by atoms with Crippen LogP contribution < -0.4 is 5.32 Å². The molecule has 0 amide bonds. The smallest absolute Gasteiger partial charge is 0.270 e. The van der Waals surface area contributed by atoms with E-state index in [2.05, 4.69) is 5.32 Å². The van der Waals surface area contributed by atoms with E-state index in [9.17, 15) is 10.1 Å². The summed E-state index contributed by atoms with van der Waals surface area (Å²) in [4.78, 5) is 10.1. The van der Waals surface area contributed by atoms with Gasteiger partial charge in [0.15, 0.2) is 0 Å². The van der Waals surface area contributed by atoms with Crippen molar-refractivity contribution in [2.75, 3.05) is 13.1 Å². The second kappa shape index (κ2) is 5.47. The molecule has 17 heavy (non-hydrogen) atoms. The zero-order chi connectivity index (χ0) is 12.3. The Kier molecular flexibility index (Phi) is 3.97. The number of nitro benzene ring substituents is 1. The minimum atomic E-state index is -0.430. The van der Waals surface area contributed by atoms with Crippen LogP contribution in [0.4, 0.5) is 5.69 Å². The summed E-state index contributed by atoms with van der Waals surface area (Å²) in [6.45, 7) is 1.94. The van der Waals surface area contributed by atoms with Crippen molar-refractivity contribution in [2.24, 2.45) is 5.92 Å². The molecule has 1 aliphatic rings. The molecule has 4 nitrogen and oxygen atoms in total. The van der Waals surface area contributed by atoms with Crippen LogP contribution in [0.25, 0.3) is 0 Å². The second-order valence-electron chi connectivity index (χ2n) is 4.43. The number of benzene rings is 1. The van der Waals surface area contributed by atoms with E-state index in [1.165, 1.54) is 25.0 Å². The standard InChI is InChI=1S/C12H15ClN2O2/c13-12-7-11(15(16)17)4-3-10(12)5-6-14-8-9-1-2-9/h3-4,7,9,14H,1-2,5-6,8H2. The van der Waals surface area contributed by atoms with Crippen LogP contribution in [0.1, 0.15) is 18.4 Å². The fraction of sp³-hybridized carbons (Fsp3) is 0.500. The minimum absolute atomic E-state index is 0.0460. The van der Waals surface area contributed by atoms with Gasteiger partial charge in [-0.3, -0.25) is 10.1 Å². The summed E-state index contributed by atoms with van der Waals surface area (Å²) in [6, 6.07) is 4.65. The Morgan fingerprint density at radius 3 is 2.82 bits per heavy atom. The van der Waals surface area contributed by atoms with Crippen LogP contribution in [0, 0.1) is 16.0 Å². The van der Waals surface area contributed by atoms with Crippen LogP contribution in [-0.4, -0.2) is 18.0 Å². The summed E-state index contributed by atoms with van der Waals surface area (Å²) in [5.74, 6) is 0.863. The number of hydrogen-bond donors (Lipinski definition) is 1. The molecular weight excluding hydrogens is 240 g/mol. The molecule has 1 N–H and O–H groups in total. The third-order valence-electron chi connectivity index (χ3n) is 2.95. The fourth-order valence-corrected chi connectivity index (χ4v) is 1.97. The Labute approximate surface area is 105 Å². The van der Waals surface area contributed by atoms with Crippen LogP contribution in [-0.2, 0) is 6.42 Å². The first-order valence-electron chi connectivity index (χ1n) is 5.80. The maximum absolute atomic E-state index is 10.5. The molecule has 0 saturated heterocycles. The molecule has 0 spiro atoms. The normalized spacial score (nSPS) is 14.9. The van der Waals surface area contributed by atoms with Gasteiger partial charge in [-0.2, -0.15) is 0 Å². The van der Waals surface area contributed by atoms with E-state index in [0.717, 1.165) is 31.0 Å². The van der Waals surface area contributed by atoms with Crippen molar-refractivity contribution >= 4 is 17.3 Å². The van der Waals surface area contributed by atoms with Gasteiger partial charge in [-0.1, -0.05) is 17.7 Å². The molecule has 0 aromatic heterocycles. The summed E-state index contributed by atoms with van der Waals surface area (Å²) in [5.41, 5.74) is 1.00. The Bertz CT molecular complexity index is 419. The van der Waals surface area contributed by atoms with E-state index in [1.807, 2.05) is 0 Å². The van der Waals surface area contributed by atoms with Gasteiger partial charge in [0.05, 0.1) is 9.95 Å². The van der Waals surface area contributed by atoms with Crippen molar-refractivity contribution in [1.29, 1.82) is 0 Å². The number of halogens is 1. The first kappa shape index (κ1) is 12.3. The van der Waals surface area contributed by atoms with Gasteiger partial charge in [0, 0.05) is 12.1 Å². The first-order chi connectivity index (χ1) is 8.16. The minimum Gasteiger partial charge on any atom is -0.316 e. The maximum atomic E-state index is 10.5. The topological polar surface area (TPSA) is 55.2 Å². The van der Waals surface area contributed by atoms with E-state index in [0.29, 0.717) is 5.02 Å². The molecule has 0 bridgehead atoms. The Morgan fingerprint density at radius 2 is 2.24 bits per heavy atom. The molecule has 0 heterocycles. The molecule has 0 unspecified atom stereocenters. The summed E-state index contributed by atoms with van der Waals surface area (Å²) in [7, 11) is 0. The highest BCUT2D eigenvalue weighted by Gasteiger charge is 2.20. The zero-order valence-electron chi connectivity index (χ0n) is 9.49. The van der Waals surface area contributed by atoms with Gasteiger partial charge in [-0.15, -0.1) is 0 Å². The monoisotopic (exact) mass is 254 g/mol. The van der Waals surface area contributed by atoms with Crippen LogP contribution in [0.2, 0.25) is 5.02 Å². The van der Waals surface area contributed by atoms with E-state index < -0.39 is 4.92 Å². The maximum Gasteiger partial charge on any atom is 0.270 e. The molecule has 1 fully saturated rings. The summed E-state index contributed by atoms with van der Waals surface area (Å²) < 4.78 is 0. The molecule has 2 rings (SSSR count). The van der Waals surface area contributed by atoms with E-state index in [4.69, 9.17) is 11.6 Å². The van der Waals surface area contributed by atoms with Crippen molar-refractivity contribution in [3.8, 4) is 0 Å². The molecule has 0 radical (unpaired) electrons. The number of nitrogens with zero attached hydrogens (tertiary/aromatic N) is 1. The fourth-order valence-electron chi connectivity index (χ4n) is 1.70. The average molecular weight is 255 g/mol. The number of nitrogens with one attached hydrogen (secondary N) is 1. The third-order valence-corrected chi connectivity index (χ3v) is 3.30. The lowest BCUT2D eigenvalue weighted by molar-refractivity contribution is -0.384. The predicted octanol–water partition coefficient (Wildman–Crippen LogP) is 2.79. The SMILES string of the molecule is O=[N+]([O-])c1ccc(CCNCC2CC2)c(Cl)c1. The largest absolute Gasteiger partial charge is 0.316 e. The van der Waals surface area contributed by atoms with Crippen LogP contribution in [0.15, 0.2) is 18.2 Å². The molecular formula is C12H15ClN2O2. The number of rotatable bonds is 6. The van der Waals surface area contributed by atoms with Gasteiger partial charge in [0.1, 0.15) is 0 Å². The van der Waals surface area contributed by atoms with E-state index in [1.54, 1.807) is 6.07 Å². The predicted molar refractivity (Wildman–Crippen MR) is 67.4 cm³/mol. The van der Waals surface area contributed by atoms with Gasteiger partial charge in [0.25, 0.3) is 5.69 Å². The van der Waals surface area contributed by atoms with Gasteiger partial charge in [0.2, 0.25) is 0 Å². The lowest BCUT2D eigenvalue weighted by atomic mass is 10.1. The molecule has 1 aliphatic carbocycles. The number of hydrogen-bond acceptors (Lipinski definition) is 3. The Hall–Kier alpha value is -1.13. The highest BCUT2D eigenvalue weighted by molar-refractivity contribution is 6.31. The quantitative estimate of drug-likeness (QED) is 0.482. The van der Waals surface area contributed by atoms with Gasteiger partial charge in [-0.25, -0.2) is 0 Å². The number of nitro groups is 1. The highest BCUT2D eigenvalue weighted by atomic mass is 35.5. The molecule has 92 valence electrons. The van der Waals surface area contributed by atoms with Crippen LogP contribution >= 0.6 is 11.6 Å². The molecule has 1 saturated carbocycles. The number of non-ortho nitro benzene ring substituents is 1. The lowest BCUT2D eigenvalue weighted by Crippen LogP contribution is -2.19. The van der Waals surface area contributed by atoms with Gasteiger partial charge in [-0.05, 0) is 43.8 Å². The second-order valence-corrected chi connectivity index (χ2v) is 4.84. The summed E-state index contributed by atoms with van der Waals surface area (Å²) >= 11 is 6.00. The highest BCUT2D eigenvalue weighted by Crippen LogP contribution is 2.27. The molecule has 1 aromatic rings. The molecule has 0 atom stereocenters. The van der Waals surface area contributed by atoms with Crippen molar-refractivity contribution in [3.05, 3.63) is 38.9 Å². The molecule has 0 aliphatic heterocycles. The van der Waals surface area contributed by atoms with Gasteiger partial charge >= 0.3 is 0 Å². The third kappa shape index (κ3) is 3.68. The van der Waals surface area contributed by atoms with Gasteiger partial charge < -0.3 is 5.32 Å². The Morgan fingerprint density at radius 1 is 1.47 bits per heavy atom. The average Bonchev–Trinajstić information content (AvgIpc) is 3.09. The van der Waals surface area contributed by atoms with Crippen LogP contribution in [0.5, 0.6) is 0 Å². The van der Waals surface area contributed by atoms with Crippen molar-refractivity contribution in [1.82, 2.24) is 5.32 Å². The van der Waals surface area contributed by atoms with Crippen LogP contribution in [0.3, 0.4) is 0 Å². The van der Waals surface area contributed by atoms with E-state index in [-0.39, 0.29) is 5.69 Å². The van der Waals surface area contributed by atoms with Crippen molar-refractivity contribution in [3.63, 3.8) is 0 Å². The summed E-state index contributed by atoms with van der Waals surface area (Å²) in [6.07, 6.45) is 3.49. The zero-order valence-corrected chi connectivity index (χ0v) is 10.2. The lowest BCUT2D eigenvalue weighted by Gasteiger charge is -2.05. The van der Waals surface area contributed by atoms with Crippen molar-refractivity contribution in [2.45, 2.75) is 19.3 Å². The first-order valence-corrected chi connectivity index (χ1v) is 6.18.